The lowest BCUT2D eigenvalue weighted by atomic mass is 9.89. The Morgan fingerprint density at radius 2 is 1.88 bits per heavy atom. The van der Waals surface area contributed by atoms with Crippen LogP contribution in [-0.4, -0.2) is 33.9 Å². The average Bonchev–Trinajstić information content (AvgIpc) is 3.19. The van der Waals surface area contributed by atoms with Crippen molar-refractivity contribution in [1.29, 1.82) is 0 Å². The van der Waals surface area contributed by atoms with Crippen molar-refractivity contribution < 1.29 is 27.1 Å². The zero-order chi connectivity index (χ0) is 24.4. The largest absolute Gasteiger partial charge is 0.492 e. The number of nitrogens with one attached hydrogen (secondary N) is 2. The fraction of sp³-hybridized carbons (Fsp3) is 0.348. The Balaban J connectivity index is 1.71. The number of alkyl halides is 3. The standard InChI is InChI=1S/C23H24F4N4O2/c1-5-33-18-9-16(12-28-13(18)2)14-6-7-15(17(24)8-14)10-21(32)29-20-11-19(30-31-20)22(3,4)23(25,26)27/h6-9,11-12H,5,10H2,1-4H3,(H2,29,30,31,32). The minimum Gasteiger partial charge on any atom is -0.492 e. The molecule has 2 heterocycles. The van der Waals surface area contributed by atoms with Crippen molar-refractivity contribution in [1.82, 2.24) is 15.2 Å². The molecule has 1 amide bonds. The SMILES string of the molecule is CCOc1cc(-c2ccc(CC(=O)Nc3cc(C(C)(C)C(F)(F)F)n[nH]3)c(F)c2)cnc1C. The van der Waals surface area contributed by atoms with Crippen LogP contribution in [-0.2, 0) is 16.6 Å². The highest BCUT2D eigenvalue weighted by Gasteiger charge is 2.50. The molecule has 0 fully saturated rings. The van der Waals surface area contributed by atoms with Gasteiger partial charge in [-0.3, -0.25) is 14.9 Å². The number of amides is 1. The monoisotopic (exact) mass is 464 g/mol. The van der Waals surface area contributed by atoms with Gasteiger partial charge in [-0.2, -0.15) is 18.3 Å². The summed E-state index contributed by atoms with van der Waals surface area (Å²) in [6.07, 6.45) is -3.21. The van der Waals surface area contributed by atoms with Crippen molar-refractivity contribution >= 4 is 11.7 Å². The molecule has 0 saturated heterocycles. The van der Waals surface area contributed by atoms with E-state index in [1.807, 2.05) is 13.8 Å². The number of carbonyl (C=O) groups excluding carboxylic acids is 1. The van der Waals surface area contributed by atoms with Crippen LogP contribution in [0.15, 0.2) is 36.5 Å². The van der Waals surface area contributed by atoms with Crippen molar-refractivity contribution in [3.8, 4) is 16.9 Å². The Kier molecular flexibility index (Phi) is 6.76. The van der Waals surface area contributed by atoms with Crippen LogP contribution < -0.4 is 10.1 Å². The molecule has 0 aliphatic carbocycles. The van der Waals surface area contributed by atoms with Crippen LogP contribution in [0.5, 0.6) is 5.75 Å². The molecule has 0 aliphatic heterocycles. The van der Waals surface area contributed by atoms with Gasteiger partial charge in [0.25, 0.3) is 0 Å². The topological polar surface area (TPSA) is 79.9 Å². The number of aromatic nitrogens is 3. The van der Waals surface area contributed by atoms with Gasteiger partial charge in [0.15, 0.2) is 0 Å². The van der Waals surface area contributed by atoms with Crippen LogP contribution >= 0.6 is 0 Å². The van der Waals surface area contributed by atoms with Gasteiger partial charge in [-0.1, -0.05) is 12.1 Å². The van der Waals surface area contributed by atoms with E-state index in [-0.39, 0.29) is 23.5 Å². The summed E-state index contributed by atoms with van der Waals surface area (Å²) in [5.74, 6) is -0.591. The number of hydrogen-bond donors (Lipinski definition) is 2. The maximum absolute atomic E-state index is 14.7. The molecule has 0 bridgehead atoms. The number of aryl methyl sites for hydroxylation is 1. The van der Waals surface area contributed by atoms with E-state index in [1.54, 1.807) is 18.3 Å². The predicted molar refractivity (Wildman–Crippen MR) is 116 cm³/mol. The van der Waals surface area contributed by atoms with Gasteiger partial charge in [0.2, 0.25) is 5.91 Å². The summed E-state index contributed by atoms with van der Waals surface area (Å²) < 4.78 is 59.7. The number of aromatic amines is 1. The van der Waals surface area contributed by atoms with Gasteiger partial charge in [0, 0.05) is 17.8 Å². The van der Waals surface area contributed by atoms with E-state index in [0.717, 1.165) is 25.6 Å². The van der Waals surface area contributed by atoms with Crippen LogP contribution in [0.4, 0.5) is 23.4 Å². The molecule has 0 unspecified atom stereocenters. The zero-order valence-electron chi connectivity index (χ0n) is 18.6. The van der Waals surface area contributed by atoms with Gasteiger partial charge < -0.3 is 10.1 Å². The summed E-state index contributed by atoms with van der Waals surface area (Å²) in [5.41, 5.74) is -0.374. The van der Waals surface area contributed by atoms with Crippen molar-refractivity contribution in [3.63, 3.8) is 0 Å². The molecule has 176 valence electrons. The summed E-state index contributed by atoms with van der Waals surface area (Å²) in [6, 6.07) is 7.32. The van der Waals surface area contributed by atoms with E-state index >= 15 is 0 Å². The van der Waals surface area contributed by atoms with Crippen molar-refractivity contribution in [3.05, 3.63) is 59.3 Å². The van der Waals surface area contributed by atoms with Gasteiger partial charge >= 0.3 is 6.18 Å². The molecule has 10 heteroatoms. The molecule has 0 aliphatic rings. The Bertz CT molecular complexity index is 1160. The van der Waals surface area contributed by atoms with Crippen LogP contribution in [0.2, 0.25) is 0 Å². The molecular formula is C23H24F4N4O2. The first-order valence-corrected chi connectivity index (χ1v) is 10.2. The van der Waals surface area contributed by atoms with E-state index in [2.05, 4.69) is 20.5 Å². The van der Waals surface area contributed by atoms with Gasteiger partial charge in [0.1, 0.15) is 22.8 Å². The van der Waals surface area contributed by atoms with Gasteiger partial charge in [0.05, 0.1) is 24.4 Å². The number of ether oxygens (including phenoxy) is 1. The van der Waals surface area contributed by atoms with Crippen molar-refractivity contribution in [2.24, 2.45) is 0 Å². The van der Waals surface area contributed by atoms with Gasteiger partial charge in [-0.15, -0.1) is 0 Å². The molecule has 0 saturated carbocycles. The third-order valence-electron chi connectivity index (χ3n) is 5.28. The van der Waals surface area contributed by atoms with Crippen LogP contribution in [0.25, 0.3) is 11.1 Å². The van der Waals surface area contributed by atoms with Gasteiger partial charge in [-0.05, 0) is 51.0 Å². The first-order valence-electron chi connectivity index (χ1n) is 10.2. The molecule has 2 aromatic heterocycles. The Morgan fingerprint density at radius 3 is 2.52 bits per heavy atom. The minimum atomic E-state index is -4.51. The normalized spacial score (nSPS) is 12.0. The molecule has 3 rings (SSSR count). The molecule has 2 N–H and O–H groups in total. The Morgan fingerprint density at radius 1 is 1.15 bits per heavy atom. The number of hydrogen-bond acceptors (Lipinski definition) is 4. The summed E-state index contributed by atoms with van der Waals surface area (Å²) in [6.45, 7) is 6.12. The van der Waals surface area contributed by atoms with E-state index < -0.39 is 23.3 Å². The number of H-pyrrole nitrogens is 1. The third kappa shape index (κ3) is 5.32. The van der Waals surface area contributed by atoms with E-state index in [0.29, 0.717) is 23.5 Å². The number of carbonyl (C=O) groups is 1. The molecule has 6 nitrogen and oxygen atoms in total. The second-order valence-electron chi connectivity index (χ2n) is 8.06. The average molecular weight is 464 g/mol. The molecular weight excluding hydrogens is 440 g/mol. The fourth-order valence-electron chi connectivity index (χ4n) is 3.06. The Hall–Kier alpha value is -3.43. The second kappa shape index (κ2) is 9.21. The maximum atomic E-state index is 14.7. The first kappa shape index (κ1) is 24.2. The molecule has 0 spiro atoms. The molecule has 33 heavy (non-hydrogen) atoms. The highest BCUT2D eigenvalue weighted by atomic mass is 19.4. The second-order valence-corrected chi connectivity index (χ2v) is 8.06. The van der Waals surface area contributed by atoms with Crippen molar-refractivity contribution in [2.45, 2.75) is 45.7 Å². The molecule has 0 atom stereocenters. The smallest absolute Gasteiger partial charge is 0.399 e. The van der Waals surface area contributed by atoms with Gasteiger partial charge in [-0.25, -0.2) is 4.39 Å². The van der Waals surface area contributed by atoms with E-state index in [9.17, 15) is 22.4 Å². The first-order chi connectivity index (χ1) is 15.4. The summed E-state index contributed by atoms with van der Waals surface area (Å²) in [7, 11) is 0. The molecule has 0 radical (unpaired) electrons. The maximum Gasteiger partial charge on any atom is 0.399 e. The Labute approximate surface area is 188 Å². The molecule has 3 aromatic rings. The van der Waals surface area contributed by atoms with E-state index in [4.69, 9.17) is 4.74 Å². The van der Waals surface area contributed by atoms with Crippen LogP contribution in [0.1, 0.15) is 37.7 Å². The van der Waals surface area contributed by atoms with Crippen LogP contribution in [0, 0.1) is 12.7 Å². The van der Waals surface area contributed by atoms with Crippen LogP contribution in [0.3, 0.4) is 0 Å². The highest BCUT2D eigenvalue weighted by Crippen LogP contribution is 2.40. The number of benzene rings is 1. The number of pyridine rings is 1. The number of nitrogens with zero attached hydrogens (tertiary/aromatic N) is 2. The summed E-state index contributed by atoms with van der Waals surface area (Å²) in [5, 5.41) is 8.44. The minimum absolute atomic E-state index is 0.00135. The predicted octanol–water partition coefficient (Wildman–Crippen LogP) is 5.34. The zero-order valence-corrected chi connectivity index (χ0v) is 18.6. The number of rotatable bonds is 7. The highest BCUT2D eigenvalue weighted by molar-refractivity contribution is 5.91. The summed E-state index contributed by atoms with van der Waals surface area (Å²) >= 11 is 0. The lowest BCUT2D eigenvalue weighted by Crippen LogP contribution is -2.36. The molecule has 1 aromatic carbocycles. The third-order valence-corrected chi connectivity index (χ3v) is 5.28. The lowest BCUT2D eigenvalue weighted by Gasteiger charge is -2.25. The van der Waals surface area contributed by atoms with E-state index in [1.165, 1.54) is 12.1 Å². The number of anilines is 1. The lowest BCUT2D eigenvalue weighted by molar-refractivity contribution is -0.181. The fourth-order valence-corrected chi connectivity index (χ4v) is 3.06. The quantitative estimate of drug-likeness (QED) is 0.463. The summed E-state index contributed by atoms with van der Waals surface area (Å²) in [4.78, 5) is 16.6. The number of halogens is 4. The van der Waals surface area contributed by atoms with Crippen molar-refractivity contribution in [2.75, 3.05) is 11.9 Å².